The van der Waals surface area contributed by atoms with E-state index in [0.717, 1.165) is 32.4 Å². The second-order valence-corrected chi connectivity index (χ2v) is 3.10. The minimum absolute atomic E-state index is 0.0572. The third-order valence-corrected chi connectivity index (χ3v) is 1.98. The van der Waals surface area contributed by atoms with Crippen molar-refractivity contribution in [1.29, 1.82) is 0 Å². The molecule has 0 aliphatic heterocycles. The second kappa shape index (κ2) is 9.00. The molecular formula is C8H16BrNO2. The number of ether oxygens (including phenoxy) is 1. The Labute approximate surface area is 82.0 Å². The maximum atomic E-state index is 10.7. The second-order valence-electron chi connectivity index (χ2n) is 2.54. The molecule has 0 radical (unpaired) electrons. The molecule has 0 unspecified atom stereocenters. The zero-order valence-electron chi connectivity index (χ0n) is 7.44. The lowest BCUT2D eigenvalue weighted by molar-refractivity contribution is -0.118. The van der Waals surface area contributed by atoms with E-state index in [-0.39, 0.29) is 5.91 Å². The predicted octanol–water partition coefficient (Wildman–Crippen LogP) is 1.31. The summed E-state index contributed by atoms with van der Waals surface area (Å²) in [5.74, 6) is 0.0572. The van der Waals surface area contributed by atoms with Crippen LogP contribution in [0.15, 0.2) is 0 Å². The highest BCUT2D eigenvalue weighted by atomic mass is 79.9. The maximum absolute atomic E-state index is 10.7. The third-order valence-electron chi connectivity index (χ3n) is 1.47. The van der Waals surface area contributed by atoms with Crippen LogP contribution in [0, 0.1) is 0 Å². The summed E-state index contributed by atoms with van der Waals surface area (Å²) in [6.07, 6.45) is 3.21. The molecule has 0 bridgehead atoms. The average Bonchev–Trinajstić information content (AvgIpc) is 2.10. The van der Waals surface area contributed by atoms with E-state index < -0.39 is 0 Å². The number of alkyl halides is 1. The van der Waals surface area contributed by atoms with Gasteiger partial charge in [0.05, 0.1) is 5.33 Å². The zero-order chi connectivity index (χ0) is 9.23. The van der Waals surface area contributed by atoms with Crippen LogP contribution in [0.1, 0.15) is 19.3 Å². The summed E-state index contributed by atoms with van der Waals surface area (Å²) in [6, 6.07) is 0. The normalized spacial score (nSPS) is 9.83. The van der Waals surface area contributed by atoms with E-state index in [1.807, 2.05) is 0 Å². The minimum atomic E-state index is 0.0572. The number of carbonyl (C=O) groups is 1. The van der Waals surface area contributed by atoms with Crippen molar-refractivity contribution in [1.82, 2.24) is 5.32 Å². The summed E-state index contributed by atoms with van der Waals surface area (Å²) < 4.78 is 4.90. The summed E-state index contributed by atoms with van der Waals surface area (Å²) in [5.41, 5.74) is 0. The Bertz CT molecular complexity index is 120. The van der Waals surface area contributed by atoms with Gasteiger partial charge in [-0.3, -0.25) is 4.79 Å². The molecule has 1 N–H and O–H groups in total. The molecule has 3 nitrogen and oxygen atoms in total. The quantitative estimate of drug-likeness (QED) is 0.536. The summed E-state index contributed by atoms with van der Waals surface area (Å²) in [7, 11) is 1.70. The highest BCUT2D eigenvalue weighted by Crippen LogP contribution is 1.93. The zero-order valence-corrected chi connectivity index (χ0v) is 9.02. The number of unbranched alkanes of at least 4 members (excludes halogenated alkanes) is 2. The van der Waals surface area contributed by atoms with Gasteiger partial charge in [-0.1, -0.05) is 15.9 Å². The number of hydrogen-bond acceptors (Lipinski definition) is 2. The number of methoxy groups -OCH3 is 1. The smallest absolute Gasteiger partial charge is 0.230 e. The van der Waals surface area contributed by atoms with Crippen LogP contribution >= 0.6 is 15.9 Å². The van der Waals surface area contributed by atoms with Gasteiger partial charge >= 0.3 is 0 Å². The lowest BCUT2D eigenvalue weighted by Gasteiger charge is -2.02. The van der Waals surface area contributed by atoms with Gasteiger partial charge in [0.1, 0.15) is 0 Å². The molecule has 0 heterocycles. The van der Waals surface area contributed by atoms with Gasteiger partial charge in [-0.2, -0.15) is 0 Å². The largest absolute Gasteiger partial charge is 0.385 e. The Morgan fingerprint density at radius 2 is 2.17 bits per heavy atom. The number of hydrogen-bond donors (Lipinski definition) is 1. The van der Waals surface area contributed by atoms with E-state index in [4.69, 9.17) is 4.74 Å². The first-order valence-corrected chi connectivity index (χ1v) is 5.25. The molecule has 0 spiro atoms. The molecule has 0 aliphatic rings. The summed E-state index contributed by atoms with van der Waals surface area (Å²) >= 11 is 3.08. The molecule has 0 saturated carbocycles. The fourth-order valence-corrected chi connectivity index (χ4v) is 1.02. The van der Waals surface area contributed by atoms with E-state index in [9.17, 15) is 4.79 Å². The monoisotopic (exact) mass is 237 g/mol. The molecule has 4 heteroatoms. The van der Waals surface area contributed by atoms with Gasteiger partial charge in [-0.05, 0) is 19.3 Å². The van der Waals surface area contributed by atoms with Crippen LogP contribution in [0.2, 0.25) is 0 Å². The Morgan fingerprint density at radius 3 is 2.75 bits per heavy atom. The van der Waals surface area contributed by atoms with Crippen molar-refractivity contribution in [3.8, 4) is 0 Å². The first-order chi connectivity index (χ1) is 5.81. The van der Waals surface area contributed by atoms with E-state index >= 15 is 0 Å². The molecule has 0 rings (SSSR count). The third kappa shape index (κ3) is 8.01. The van der Waals surface area contributed by atoms with Crippen LogP contribution in [0.5, 0.6) is 0 Å². The molecule has 0 aliphatic carbocycles. The summed E-state index contributed by atoms with van der Waals surface area (Å²) in [4.78, 5) is 10.7. The molecule has 1 amide bonds. The van der Waals surface area contributed by atoms with Crippen LogP contribution in [0.4, 0.5) is 0 Å². The molecule has 0 aromatic carbocycles. The van der Waals surface area contributed by atoms with E-state index in [2.05, 4.69) is 21.2 Å². The first-order valence-electron chi connectivity index (χ1n) is 4.13. The van der Waals surface area contributed by atoms with Gasteiger partial charge in [-0.25, -0.2) is 0 Å². The van der Waals surface area contributed by atoms with Crippen molar-refractivity contribution < 1.29 is 9.53 Å². The van der Waals surface area contributed by atoms with Gasteiger partial charge in [0.2, 0.25) is 5.91 Å². The molecule has 0 saturated heterocycles. The minimum Gasteiger partial charge on any atom is -0.385 e. The SMILES string of the molecule is COCCCCCNC(=O)CBr. The predicted molar refractivity (Wildman–Crippen MR) is 52.5 cm³/mol. The number of rotatable bonds is 7. The van der Waals surface area contributed by atoms with Crippen molar-refractivity contribution in [2.45, 2.75) is 19.3 Å². The maximum Gasteiger partial charge on any atom is 0.230 e. The summed E-state index contributed by atoms with van der Waals surface area (Å²) in [5, 5.41) is 3.18. The van der Waals surface area contributed by atoms with Gasteiger partial charge in [0.15, 0.2) is 0 Å². The first kappa shape index (κ1) is 11.9. The van der Waals surface area contributed by atoms with Crippen LogP contribution in [0.25, 0.3) is 0 Å². The highest BCUT2D eigenvalue weighted by Gasteiger charge is 1.95. The molecular weight excluding hydrogens is 222 g/mol. The summed E-state index contributed by atoms with van der Waals surface area (Å²) in [6.45, 7) is 1.58. The number of amides is 1. The lowest BCUT2D eigenvalue weighted by Crippen LogP contribution is -2.25. The molecule has 0 atom stereocenters. The van der Waals surface area contributed by atoms with E-state index in [1.165, 1.54) is 0 Å². The Balaban J connectivity index is 2.95. The number of nitrogens with one attached hydrogen (secondary N) is 1. The van der Waals surface area contributed by atoms with E-state index in [0.29, 0.717) is 5.33 Å². The van der Waals surface area contributed by atoms with E-state index in [1.54, 1.807) is 7.11 Å². The van der Waals surface area contributed by atoms with Crippen LogP contribution < -0.4 is 5.32 Å². The Morgan fingerprint density at radius 1 is 1.42 bits per heavy atom. The van der Waals surface area contributed by atoms with Crippen LogP contribution in [-0.4, -0.2) is 31.5 Å². The number of halogens is 1. The lowest BCUT2D eigenvalue weighted by atomic mass is 10.2. The van der Waals surface area contributed by atoms with Gasteiger partial charge < -0.3 is 10.1 Å². The molecule has 72 valence electrons. The molecule has 0 aromatic heterocycles. The van der Waals surface area contributed by atoms with Gasteiger partial charge in [0, 0.05) is 20.3 Å². The van der Waals surface area contributed by atoms with Crippen molar-refractivity contribution >= 4 is 21.8 Å². The van der Waals surface area contributed by atoms with Gasteiger partial charge in [0.25, 0.3) is 0 Å². The Hall–Kier alpha value is -0.0900. The van der Waals surface area contributed by atoms with Crippen LogP contribution in [0.3, 0.4) is 0 Å². The van der Waals surface area contributed by atoms with Crippen LogP contribution in [-0.2, 0) is 9.53 Å². The van der Waals surface area contributed by atoms with Crippen molar-refractivity contribution in [3.63, 3.8) is 0 Å². The molecule has 12 heavy (non-hydrogen) atoms. The fraction of sp³-hybridized carbons (Fsp3) is 0.875. The van der Waals surface area contributed by atoms with Crippen molar-refractivity contribution in [2.24, 2.45) is 0 Å². The van der Waals surface area contributed by atoms with Gasteiger partial charge in [-0.15, -0.1) is 0 Å². The van der Waals surface area contributed by atoms with Crippen molar-refractivity contribution in [2.75, 3.05) is 25.6 Å². The molecule has 0 aromatic rings. The highest BCUT2D eigenvalue weighted by molar-refractivity contribution is 9.09. The number of carbonyl (C=O) groups excluding carboxylic acids is 1. The van der Waals surface area contributed by atoms with Crippen molar-refractivity contribution in [3.05, 3.63) is 0 Å². The average molecular weight is 238 g/mol. The Kier molecular flexibility index (Phi) is 8.93. The topological polar surface area (TPSA) is 38.3 Å². The fourth-order valence-electron chi connectivity index (χ4n) is 0.823. The molecule has 0 fully saturated rings. The standard InChI is InChI=1S/C8H16BrNO2/c1-12-6-4-2-3-5-10-8(11)7-9/h2-7H2,1H3,(H,10,11).